The fraction of sp³-hybridized carbons (Fsp3) is 0.182. The van der Waals surface area contributed by atoms with E-state index in [9.17, 15) is 9.59 Å². The fourth-order valence-corrected chi connectivity index (χ4v) is 1.64. The third-order valence-electron chi connectivity index (χ3n) is 2.28. The van der Waals surface area contributed by atoms with Crippen LogP contribution in [0.3, 0.4) is 0 Å². The molecule has 0 saturated carbocycles. The molecule has 0 atom stereocenters. The summed E-state index contributed by atoms with van der Waals surface area (Å²) < 4.78 is 0. The molecule has 0 aliphatic rings. The smallest absolute Gasteiger partial charge is 1.00 e. The molecule has 0 fully saturated rings. The number of rotatable bonds is 6. The molecule has 0 spiro atoms. The van der Waals surface area contributed by atoms with Gasteiger partial charge < -0.3 is 41.1 Å². The van der Waals surface area contributed by atoms with Crippen molar-refractivity contribution in [3.05, 3.63) is 30.3 Å². The largest absolute Gasteiger partial charge is 2.00 e. The molecular weight excluding hydrogens is 456 g/mol. The molecule has 0 aliphatic carbocycles. The summed E-state index contributed by atoms with van der Waals surface area (Å²) in [7, 11) is 0. The maximum atomic E-state index is 11.3. The molecule has 1 aromatic rings. The summed E-state index contributed by atoms with van der Waals surface area (Å²) in [6, 6.07) is 9.18. The minimum atomic E-state index is -0.491. The van der Waals surface area contributed by atoms with Gasteiger partial charge in [-0.15, -0.1) is 0 Å². The maximum absolute atomic E-state index is 11.3. The first-order chi connectivity index (χ1) is 10.0. The molecule has 0 unspecified atom stereocenters. The van der Waals surface area contributed by atoms with Crippen LogP contribution in [0.25, 0.3) is 0 Å². The van der Waals surface area contributed by atoms with Gasteiger partial charge in [-0.2, -0.15) is 0 Å². The zero-order valence-electron chi connectivity index (χ0n) is 13.2. The van der Waals surface area contributed by atoms with Gasteiger partial charge in [0.25, 0.3) is 0 Å². The van der Waals surface area contributed by atoms with Crippen LogP contribution < -0.4 is 58.1 Å². The van der Waals surface area contributed by atoms with Crippen molar-refractivity contribution < 1.29 is 62.1 Å². The van der Waals surface area contributed by atoms with Crippen molar-refractivity contribution in [2.75, 3.05) is 18.4 Å². The van der Waals surface area contributed by atoms with E-state index in [1.807, 2.05) is 41.2 Å². The van der Waals surface area contributed by atoms with E-state index in [-0.39, 0.29) is 70.7 Å². The second kappa shape index (κ2) is 20.1. The molecule has 0 aromatic heterocycles. The summed E-state index contributed by atoms with van der Waals surface area (Å²) in [5, 5.41) is 4.39. The van der Waals surface area contributed by atoms with Crippen molar-refractivity contribution in [3.8, 4) is 0 Å². The minimum Gasteiger partial charge on any atom is -1.00 e. The van der Waals surface area contributed by atoms with Crippen molar-refractivity contribution in [3.63, 3.8) is 0 Å². The van der Waals surface area contributed by atoms with Crippen molar-refractivity contribution in [1.82, 2.24) is 21.3 Å². The minimum absolute atomic E-state index is 0. The Morgan fingerprint density at radius 2 is 1.38 bits per heavy atom. The molecule has 2 amide bonds. The van der Waals surface area contributed by atoms with Crippen molar-refractivity contribution >= 4 is 34.8 Å². The molecule has 11 nitrogen and oxygen atoms in total. The van der Waals surface area contributed by atoms with E-state index in [1.54, 1.807) is 0 Å². The van der Waals surface area contributed by atoms with E-state index >= 15 is 0 Å². The van der Waals surface area contributed by atoms with Gasteiger partial charge in [-0.05, 0) is 24.4 Å². The Hall–Kier alpha value is -1.26. The number of benzene rings is 1. The van der Waals surface area contributed by atoms with Crippen LogP contribution in [0.5, 0.6) is 0 Å². The molecule has 26 heavy (non-hydrogen) atoms. The van der Waals surface area contributed by atoms with Gasteiger partial charge in [0.15, 0.2) is 5.11 Å². The molecule has 1 radical (unpaired) electrons. The van der Waals surface area contributed by atoms with Crippen LogP contribution in [-0.2, 0) is 26.4 Å². The molecule has 0 aliphatic heterocycles. The van der Waals surface area contributed by atoms with Gasteiger partial charge in [-0.1, -0.05) is 18.2 Å². The van der Waals surface area contributed by atoms with Crippen LogP contribution in [0.15, 0.2) is 30.3 Å². The van der Waals surface area contributed by atoms with Crippen LogP contribution >= 0.6 is 12.2 Å². The van der Waals surface area contributed by atoms with E-state index in [0.29, 0.717) is 0 Å². The molecule has 1 aromatic carbocycles. The average molecular weight is 477 g/mol. The molecule has 0 heterocycles. The fourth-order valence-electron chi connectivity index (χ4n) is 1.40. The summed E-state index contributed by atoms with van der Waals surface area (Å²) in [6.07, 6.45) is 0. The van der Waals surface area contributed by atoms with Crippen LogP contribution in [0, 0.1) is 0 Å². The number of carbonyl (C=O) groups excluding carboxylic acids is 2. The van der Waals surface area contributed by atoms with Gasteiger partial charge in [0.2, 0.25) is 11.8 Å². The number of anilines is 1. The predicted octanol–water partition coefficient (Wildman–Crippen LogP) is -9.47. The van der Waals surface area contributed by atoms with Gasteiger partial charge in [0.1, 0.15) is 0 Å². The summed E-state index contributed by atoms with van der Waals surface area (Å²) in [5.41, 5.74) is 7.41. The Balaban J connectivity index is -0.000000294. The molecule has 0 saturated heterocycles. The number of hydrogen-bond acceptors (Lipinski definition) is 6. The maximum Gasteiger partial charge on any atom is 2.00 e. The van der Waals surface area contributed by atoms with Gasteiger partial charge in [0.05, 0.1) is 13.1 Å². The Labute approximate surface area is 178 Å². The van der Waals surface area contributed by atoms with Gasteiger partial charge in [-0.25, -0.2) is 16.7 Å². The van der Waals surface area contributed by atoms with Crippen LogP contribution in [0.2, 0.25) is 0 Å². The Kier molecular flexibility index (Phi) is 27.6. The summed E-state index contributed by atoms with van der Waals surface area (Å²) in [5.74, 6) is 9.04. The summed E-state index contributed by atoms with van der Waals surface area (Å²) in [6.45, 7) is -0.360. The van der Waals surface area contributed by atoms with Crippen LogP contribution in [-0.4, -0.2) is 46.0 Å². The number of hydrogen-bond donors (Lipinski definition) is 6. The van der Waals surface area contributed by atoms with E-state index in [2.05, 4.69) is 10.7 Å². The molecule has 15 heteroatoms. The predicted molar refractivity (Wildman–Crippen MR) is 89.3 cm³/mol. The standard InChI is InChI=1S/C11H17N7O2S.2ClH.Co.2H2O/c12-15-9(19)6-18(7-10(20)16-13)17-11(21)14-8-4-2-1-3-5-8;;;;;/h1-5H,6-7,12-13H2,(H,15,19)(H,16,20)(H2,14,17,21);2*1H;;2*1H2/q;;;+2;;/p-2. The monoisotopic (exact) mass is 476 g/mol. The van der Waals surface area contributed by atoms with Crippen molar-refractivity contribution in [1.29, 1.82) is 0 Å². The third-order valence-corrected chi connectivity index (χ3v) is 2.48. The van der Waals surface area contributed by atoms with Crippen LogP contribution in [0.1, 0.15) is 0 Å². The first-order valence-corrected chi connectivity index (χ1v) is 6.32. The molecule has 1 rings (SSSR count). The number of amides is 2. The Bertz CT molecular complexity index is 501. The normalized spacial score (nSPS) is 7.96. The quantitative estimate of drug-likeness (QED) is 0.100. The van der Waals surface area contributed by atoms with E-state index in [4.69, 9.17) is 23.9 Å². The summed E-state index contributed by atoms with van der Waals surface area (Å²) >= 11 is 5.10. The van der Waals surface area contributed by atoms with Crippen molar-refractivity contribution in [2.45, 2.75) is 0 Å². The first-order valence-electron chi connectivity index (χ1n) is 5.91. The molecular formula is C11H21Cl2CoN7O4S. The Morgan fingerprint density at radius 1 is 0.962 bits per heavy atom. The van der Waals surface area contributed by atoms with Gasteiger partial charge >= 0.3 is 16.8 Å². The zero-order chi connectivity index (χ0) is 15.7. The molecule has 0 bridgehead atoms. The number of hydrazine groups is 3. The number of nitrogens with one attached hydrogen (secondary N) is 4. The number of nitrogens with zero attached hydrogens (tertiary/aromatic N) is 1. The third kappa shape index (κ3) is 15.0. The number of nitrogens with two attached hydrogens (primary N) is 2. The van der Waals surface area contributed by atoms with Gasteiger partial charge in [-0.3, -0.25) is 25.9 Å². The summed E-state index contributed by atoms with van der Waals surface area (Å²) in [4.78, 5) is 22.6. The molecule has 153 valence electrons. The van der Waals surface area contributed by atoms with Crippen LogP contribution in [0.4, 0.5) is 5.69 Å². The number of carbonyl (C=O) groups is 2. The van der Waals surface area contributed by atoms with Crippen molar-refractivity contribution in [2.24, 2.45) is 11.7 Å². The average Bonchev–Trinajstić information content (AvgIpc) is 2.47. The SMILES string of the molecule is NNC(=O)CN(CC(=O)NN)NC(=S)Nc1ccccc1.O.O.[Cl-].[Cl-].[Co+2]. The topological polar surface area (TPSA) is 201 Å². The van der Waals surface area contributed by atoms with E-state index < -0.39 is 11.8 Å². The zero-order valence-corrected chi connectivity index (χ0v) is 16.6. The second-order valence-electron chi connectivity index (χ2n) is 3.92. The van der Waals surface area contributed by atoms with E-state index in [1.165, 1.54) is 5.01 Å². The Morgan fingerprint density at radius 3 is 1.77 bits per heavy atom. The number of halogens is 2. The molecule has 12 N–H and O–H groups in total. The number of para-hydroxylation sites is 1. The number of thiocarbonyl (C=S) groups is 1. The second-order valence-corrected chi connectivity index (χ2v) is 4.33. The van der Waals surface area contributed by atoms with Gasteiger partial charge in [0, 0.05) is 5.69 Å². The van der Waals surface area contributed by atoms with E-state index in [0.717, 1.165) is 5.69 Å². The first kappa shape index (κ1) is 35.8.